The molecule has 0 bridgehead atoms. The standard InChI is InChI=1S/C11H14FN/c12-11-3-1-2-9-6-8(7-13)4-5-10(9)11/h4-6,11H,1-3,7,13H2. The third-order valence-corrected chi connectivity index (χ3v) is 2.68. The highest BCUT2D eigenvalue weighted by molar-refractivity contribution is 5.35. The van der Waals surface area contributed by atoms with Gasteiger partial charge in [-0.3, -0.25) is 0 Å². The molecule has 0 saturated heterocycles. The summed E-state index contributed by atoms with van der Waals surface area (Å²) in [6.07, 6.45) is 1.89. The van der Waals surface area contributed by atoms with Gasteiger partial charge in [0.15, 0.2) is 0 Å². The summed E-state index contributed by atoms with van der Waals surface area (Å²) in [5, 5.41) is 0. The molecule has 0 fully saturated rings. The van der Waals surface area contributed by atoms with Gasteiger partial charge in [-0.05, 0) is 36.0 Å². The zero-order valence-corrected chi connectivity index (χ0v) is 7.59. The summed E-state index contributed by atoms with van der Waals surface area (Å²) in [7, 11) is 0. The molecule has 0 aliphatic heterocycles. The fraction of sp³-hybridized carbons (Fsp3) is 0.455. The van der Waals surface area contributed by atoms with Crippen LogP contribution in [0.4, 0.5) is 4.39 Å². The van der Waals surface area contributed by atoms with Crippen LogP contribution in [0.25, 0.3) is 0 Å². The SMILES string of the molecule is NCc1ccc2c(c1)CCCC2F. The molecule has 1 atom stereocenters. The Morgan fingerprint density at radius 1 is 1.46 bits per heavy atom. The second kappa shape index (κ2) is 3.46. The molecule has 1 nitrogen and oxygen atoms in total. The number of hydrogen-bond donors (Lipinski definition) is 1. The van der Waals surface area contributed by atoms with E-state index in [4.69, 9.17) is 5.73 Å². The molecule has 0 saturated carbocycles. The Morgan fingerprint density at radius 2 is 2.31 bits per heavy atom. The van der Waals surface area contributed by atoms with Crippen LogP contribution >= 0.6 is 0 Å². The Balaban J connectivity index is 2.39. The van der Waals surface area contributed by atoms with E-state index in [0.29, 0.717) is 13.0 Å². The molecule has 0 amide bonds. The van der Waals surface area contributed by atoms with E-state index in [1.807, 2.05) is 18.2 Å². The Hall–Kier alpha value is -0.890. The highest BCUT2D eigenvalue weighted by atomic mass is 19.1. The summed E-state index contributed by atoms with van der Waals surface area (Å²) >= 11 is 0. The van der Waals surface area contributed by atoms with Gasteiger partial charge in [0.25, 0.3) is 0 Å². The minimum atomic E-state index is -0.754. The number of fused-ring (bicyclic) bond motifs is 1. The average molecular weight is 179 g/mol. The number of rotatable bonds is 1. The summed E-state index contributed by atoms with van der Waals surface area (Å²) in [6, 6.07) is 5.86. The van der Waals surface area contributed by atoms with Crippen molar-refractivity contribution >= 4 is 0 Å². The predicted octanol–water partition coefficient (Wildman–Crippen LogP) is 2.49. The highest BCUT2D eigenvalue weighted by Crippen LogP contribution is 2.32. The van der Waals surface area contributed by atoms with E-state index in [-0.39, 0.29) is 0 Å². The van der Waals surface area contributed by atoms with E-state index >= 15 is 0 Å². The van der Waals surface area contributed by atoms with Crippen molar-refractivity contribution in [3.63, 3.8) is 0 Å². The van der Waals surface area contributed by atoms with Gasteiger partial charge in [0.2, 0.25) is 0 Å². The zero-order chi connectivity index (χ0) is 9.26. The van der Waals surface area contributed by atoms with Crippen LogP contribution < -0.4 is 5.73 Å². The third kappa shape index (κ3) is 1.59. The van der Waals surface area contributed by atoms with Crippen LogP contribution in [-0.4, -0.2) is 0 Å². The molecule has 1 unspecified atom stereocenters. The molecule has 0 aromatic heterocycles. The fourth-order valence-electron chi connectivity index (χ4n) is 1.94. The number of hydrogen-bond acceptors (Lipinski definition) is 1. The Morgan fingerprint density at radius 3 is 3.08 bits per heavy atom. The van der Waals surface area contributed by atoms with Gasteiger partial charge < -0.3 is 5.73 Å². The van der Waals surface area contributed by atoms with Crippen molar-refractivity contribution in [2.45, 2.75) is 32.0 Å². The van der Waals surface area contributed by atoms with Gasteiger partial charge in [-0.1, -0.05) is 18.2 Å². The normalized spacial score (nSPS) is 21.2. The molecule has 0 heterocycles. The Labute approximate surface area is 77.8 Å². The zero-order valence-electron chi connectivity index (χ0n) is 7.59. The maximum atomic E-state index is 13.4. The molecule has 1 aromatic rings. The Kier molecular flexibility index (Phi) is 2.32. The highest BCUT2D eigenvalue weighted by Gasteiger charge is 2.18. The smallest absolute Gasteiger partial charge is 0.125 e. The fourth-order valence-corrected chi connectivity index (χ4v) is 1.94. The molecule has 13 heavy (non-hydrogen) atoms. The first-order chi connectivity index (χ1) is 6.31. The van der Waals surface area contributed by atoms with E-state index in [2.05, 4.69) is 0 Å². The maximum absolute atomic E-state index is 13.4. The van der Waals surface area contributed by atoms with Crippen LogP contribution in [0, 0.1) is 0 Å². The van der Waals surface area contributed by atoms with Crippen molar-refractivity contribution < 1.29 is 4.39 Å². The van der Waals surface area contributed by atoms with E-state index in [0.717, 1.165) is 29.5 Å². The first-order valence-corrected chi connectivity index (χ1v) is 4.77. The summed E-state index contributed by atoms with van der Waals surface area (Å²) < 4.78 is 13.4. The first-order valence-electron chi connectivity index (χ1n) is 4.77. The van der Waals surface area contributed by atoms with Gasteiger partial charge in [0.05, 0.1) is 0 Å². The molecule has 2 N–H and O–H groups in total. The lowest BCUT2D eigenvalue weighted by Gasteiger charge is -2.19. The van der Waals surface area contributed by atoms with Crippen molar-refractivity contribution in [1.29, 1.82) is 0 Å². The predicted molar refractivity (Wildman–Crippen MR) is 51.1 cm³/mol. The maximum Gasteiger partial charge on any atom is 0.125 e. The van der Waals surface area contributed by atoms with Crippen LogP contribution in [0.15, 0.2) is 18.2 Å². The van der Waals surface area contributed by atoms with Gasteiger partial charge in [-0.15, -0.1) is 0 Å². The van der Waals surface area contributed by atoms with Crippen LogP contribution in [-0.2, 0) is 13.0 Å². The minimum absolute atomic E-state index is 0.546. The summed E-state index contributed by atoms with van der Waals surface area (Å²) in [4.78, 5) is 0. The van der Waals surface area contributed by atoms with E-state index in [1.165, 1.54) is 0 Å². The van der Waals surface area contributed by atoms with Gasteiger partial charge in [0.1, 0.15) is 6.17 Å². The van der Waals surface area contributed by atoms with Gasteiger partial charge in [-0.2, -0.15) is 0 Å². The number of nitrogens with two attached hydrogens (primary N) is 1. The Bertz CT molecular complexity index is 309. The summed E-state index contributed by atoms with van der Waals surface area (Å²) in [5.74, 6) is 0. The molecule has 1 aromatic carbocycles. The molecular formula is C11H14FN. The lowest BCUT2D eigenvalue weighted by molar-refractivity contribution is 0.302. The summed E-state index contributed by atoms with van der Waals surface area (Å²) in [6.45, 7) is 0.546. The van der Waals surface area contributed by atoms with Gasteiger partial charge >= 0.3 is 0 Å². The molecule has 2 heteroatoms. The lowest BCUT2D eigenvalue weighted by atomic mass is 9.89. The molecule has 0 radical (unpaired) electrons. The first kappa shape index (κ1) is 8.70. The average Bonchev–Trinajstić information content (AvgIpc) is 2.18. The number of benzene rings is 1. The molecule has 70 valence electrons. The second-order valence-corrected chi connectivity index (χ2v) is 3.60. The van der Waals surface area contributed by atoms with Crippen molar-refractivity contribution in [3.05, 3.63) is 34.9 Å². The van der Waals surface area contributed by atoms with Crippen LogP contribution in [0.2, 0.25) is 0 Å². The minimum Gasteiger partial charge on any atom is -0.326 e. The molecule has 2 rings (SSSR count). The van der Waals surface area contributed by atoms with Gasteiger partial charge in [0, 0.05) is 6.54 Å². The van der Waals surface area contributed by atoms with Crippen LogP contribution in [0.3, 0.4) is 0 Å². The number of alkyl halides is 1. The monoisotopic (exact) mass is 179 g/mol. The third-order valence-electron chi connectivity index (χ3n) is 2.68. The van der Waals surface area contributed by atoms with E-state index in [9.17, 15) is 4.39 Å². The van der Waals surface area contributed by atoms with Crippen molar-refractivity contribution in [2.75, 3.05) is 0 Å². The van der Waals surface area contributed by atoms with Crippen molar-refractivity contribution in [1.82, 2.24) is 0 Å². The number of halogens is 1. The topological polar surface area (TPSA) is 26.0 Å². The van der Waals surface area contributed by atoms with Crippen LogP contribution in [0.5, 0.6) is 0 Å². The number of aryl methyl sites for hydroxylation is 1. The van der Waals surface area contributed by atoms with Crippen LogP contribution in [0.1, 0.15) is 35.7 Å². The van der Waals surface area contributed by atoms with Gasteiger partial charge in [-0.25, -0.2) is 4.39 Å². The second-order valence-electron chi connectivity index (χ2n) is 3.60. The summed E-state index contributed by atoms with van der Waals surface area (Å²) in [5.41, 5.74) is 8.66. The molecular weight excluding hydrogens is 165 g/mol. The van der Waals surface area contributed by atoms with Crippen molar-refractivity contribution in [2.24, 2.45) is 5.73 Å². The molecule has 0 spiro atoms. The lowest BCUT2D eigenvalue weighted by Crippen LogP contribution is -2.07. The molecule has 1 aliphatic carbocycles. The molecule has 1 aliphatic rings. The quantitative estimate of drug-likeness (QED) is 0.704. The largest absolute Gasteiger partial charge is 0.326 e. The van der Waals surface area contributed by atoms with E-state index in [1.54, 1.807) is 0 Å². The van der Waals surface area contributed by atoms with Crippen molar-refractivity contribution in [3.8, 4) is 0 Å². The van der Waals surface area contributed by atoms with E-state index < -0.39 is 6.17 Å².